The highest BCUT2D eigenvalue weighted by molar-refractivity contribution is 5.67. The van der Waals surface area contributed by atoms with Gasteiger partial charge in [0, 0.05) is 13.1 Å². The van der Waals surface area contributed by atoms with E-state index in [-0.39, 0.29) is 18.4 Å². The molecule has 21 heavy (non-hydrogen) atoms. The Kier molecular flexibility index (Phi) is 6.65. The second-order valence-electron chi connectivity index (χ2n) is 6.08. The lowest BCUT2D eigenvalue weighted by Gasteiger charge is -2.19. The molecular weight excluding hydrogens is 270 g/mol. The average molecular weight is 295 g/mol. The first-order chi connectivity index (χ1) is 9.79. The lowest BCUT2D eigenvalue weighted by molar-refractivity contribution is -0.139. The average Bonchev–Trinajstić information content (AvgIpc) is 2.37. The number of rotatable bonds is 8. The van der Waals surface area contributed by atoms with Crippen molar-refractivity contribution in [2.75, 3.05) is 19.7 Å². The van der Waals surface area contributed by atoms with E-state index in [0.717, 1.165) is 5.75 Å². The monoisotopic (exact) mass is 295 g/mol. The highest BCUT2D eigenvalue weighted by Crippen LogP contribution is 2.24. The number of aliphatic hydroxyl groups is 1. The van der Waals surface area contributed by atoms with E-state index in [4.69, 9.17) is 9.84 Å². The summed E-state index contributed by atoms with van der Waals surface area (Å²) in [5, 5.41) is 20.8. The number of hydrogen-bond donors (Lipinski definition) is 3. The quantitative estimate of drug-likeness (QED) is 0.637. The number of hydrogen-bond acceptors (Lipinski definition) is 4. The summed E-state index contributed by atoms with van der Waals surface area (Å²) in [5.41, 5.74) is 1.38. The summed E-state index contributed by atoms with van der Waals surface area (Å²) >= 11 is 0. The van der Waals surface area contributed by atoms with Crippen LogP contribution in [0, 0.1) is 0 Å². The molecule has 0 amide bonds. The van der Waals surface area contributed by atoms with E-state index in [1.807, 2.05) is 12.1 Å². The van der Waals surface area contributed by atoms with Crippen molar-refractivity contribution in [2.45, 2.75) is 38.7 Å². The number of nitrogens with one attached hydrogen (secondary N) is 1. The van der Waals surface area contributed by atoms with Gasteiger partial charge in [-0.05, 0) is 23.1 Å². The number of carboxylic acid groups (broad SMARTS) is 1. The third kappa shape index (κ3) is 7.11. The molecule has 0 spiro atoms. The molecule has 0 radical (unpaired) electrons. The van der Waals surface area contributed by atoms with Crippen molar-refractivity contribution < 1.29 is 19.7 Å². The van der Waals surface area contributed by atoms with E-state index in [0.29, 0.717) is 13.2 Å². The van der Waals surface area contributed by atoms with Crippen LogP contribution >= 0.6 is 0 Å². The highest BCUT2D eigenvalue weighted by atomic mass is 16.5. The summed E-state index contributed by atoms with van der Waals surface area (Å²) in [5.74, 6) is -0.199. The summed E-state index contributed by atoms with van der Waals surface area (Å²) < 4.78 is 5.58. The highest BCUT2D eigenvalue weighted by Gasteiger charge is 2.13. The Balaban J connectivity index is 2.23. The van der Waals surface area contributed by atoms with Gasteiger partial charge in [-0.15, -0.1) is 0 Å². The molecule has 0 saturated heterocycles. The molecule has 0 fully saturated rings. The van der Waals surface area contributed by atoms with Gasteiger partial charge in [0.2, 0.25) is 0 Å². The van der Waals surface area contributed by atoms with Crippen molar-refractivity contribution >= 4 is 5.97 Å². The smallest absolute Gasteiger partial charge is 0.306 e. The van der Waals surface area contributed by atoms with E-state index in [9.17, 15) is 9.90 Å². The third-order valence-corrected chi connectivity index (χ3v) is 3.06. The number of ether oxygens (including phenoxy) is 1. The summed E-state index contributed by atoms with van der Waals surface area (Å²) in [6.07, 6.45) is -1.11. The predicted octanol–water partition coefficient (Wildman–Crippen LogP) is 1.79. The van der Waals surface area contributed by atoms with E-state index >= 15 is 0 Å². The van der Waals surface area contributed by atoms with Gasteiger partial charge in [0.05, 0.1) is 12.5 Å². The van der Waals surface area contributed by atoms with Crippen molar-refractivity contribution in [2.24, 2.45) is 0 Å². The van der Waals surface area contributed by atoms with Crippen molar-refractivity contribution in [3.8, 4) is 5.75 Å². The summed E-state index contributed by atoms with van der Waals surface area (Å²) in [4.78, 5) is 10.4. The molecule has 1 aromatic carbocycles. The lowest BCUT2D eigenvalue weighted by atomic mass is 9.87. The SMILES string of the molecule is CC(C)(C)c1ccc(OCCNC[C@@H](O)CC(=O)O)cc1. The van der Waals surface area contributed by atoms with Crippen LogP contribution in [0.3, 0.4) is 0 Å². The predicted molar refractivity (Wildman–Crippen MR) is 81.8 cm³/mol. The molecule has 0 aliphatic rings. The first-order valence-electron chi connectivity index (χ1n) is 7.13. The minimum Gasteiger partial charge on any atom is -0.492 e. The number of carbonyl (C=O) groups is 1. The molecule has 1 atom stereocenters. The lowest BCUT2D eigenvalue weighted by Crippen LogP contribution is -2.31. The van der Waals surface area contributed by atoms with Crippen molar-refractivity contribution in [3.63, 3.8) is 0 Å². The van der Waals surface area contributed by atoms with Gasteiger partial charge >= 0.3 is 5.97 Å². The number of aliphatic carboxylic acids is 1. The van der Waals surface area contributed by atoms with Crippen LogP contribution in [0.4, 0.5) is 0 Å². The van der Waals surface area contributed by atoms with Crippen LogP contribution in [-0.2, 0) is 10.2 Å². The fourth-order valence-corrected chi connectivity index (χ4v) is 1.83. The first kappa shape index (κ1) is 17.5. The zero-order chi connectivity index (χ0) is 15.9. The molecule has 0 aliphatic heterocycles. The normalized spacial score (nSPS) is 13.0. The Morgan fingerprint density at radius 1 is 1.29 bits per heavy atom. The zero-order valence-electron chi connectivity index (χ0n) is 12.9. The van der Waals surface area contributed by atoms with Crippen molar-refractivity contribution in [1.29, 1.82) is 0 Å². The van der Waals surface area contributed by atoms with Gasteiger partial charge in [-0.2, -0.15) is 0 Å². The van der Waals surface area contributed by atoms with Gasteiger partial charge in [0.15, 0.2) is 0 Å². The van der Waals surface area contributed by atoms with Gasteiger partial charge in [-0.3, -0.25) is 4.79 Å². The summed E-state index contributed by atoms with van der Waals surface area (Å²) in [6.45, 7) is 7.75. The minimum absolute atomic E-state index is 0.125. The fourth-order valence-electron chi connectivity index (χ4n) is 1.83. The molecule has 0 heterocycles. The van der Waals surface area contributed by atoms with Gasteiger partial charge < -0.3 is 20.3 Å². The molecule has 3 N–H and O–H groups in total. The standard InChI is InChI=1S/C16H25NO4/c1-16(2,3)12-4-6-14(7-5-12)21-9-8-17-11-13(18)10-15(19)20/h4-7,13,17-18H,8-11H2,1-3H3,(H,19,20)/t13-/m0/s1. The third-order valence-electron chi connectivity index (χ3n) is 3.06. The fraction of sp³-hybridized carbons (Fsp3) is 0.562. The Morgan fingerprint density at radius 3 is 2.43 bits per heavy atom. The maximum Gasteiger partial charge on any atom is 0.306 e. The topological polar surface area (TPSA) is 78.8 Å². The van der Waals surface area contributed by atoms with Crippen LogP contribution in [0.5, 0.6) is 5.75 Å². The molecule has 0 aromatic heterocycles. The molecule has 118 valence electrons. The Labute approximate surface area is 125 Å². The van der Waals surface area contributed by atoms with Crippen LogP contribution < -0.4 is 10.1 Å². The van der Waals surface area contributed by atoms with Crippen LogP contribution in [0.25, 0.3) is 0 Å². The molecule has 1 aromatic rings. The maximum atomic E-state index is 10.4. The number of carboxylic acids is 1. The van der Waals surface area contributed by atoms with E-state index < -0.39 is 12.1 Å². The molecule has 5 nitrogen and oxygen atoms in total. The molecule has 0 aliphatic carbocycles. The van der Waals surface area contributed by atoms with Crippen molar-refractivity contribution in [3.05, 3.63) is 29.8 Å². The van der Waals surface area contributed by atoms with E-state index in [1.165, 1.54) is 5.56 Å². The first-order valence-corrected chi connectivity index (χ1v) is 7.13. The number of benzene rings is 1. The van der Waals surface area contributed by atoms with Gasteiger partial charge in [-0.1, -0.05) is 32.9 Å². The second kappa shape index (κ2) is 8.00. The Bertz CT molecular complexity index is 437. The molecular formula is C16H25NO4. The van der Waals surface area contributed by atoms with E-state index in [1.54, 1.807) is 0 Å². The van der Waals surface area contributed by atoms with Crippen LogP contribution in [-0.4, -0.2) is 42.0 Å². The summed E-state index contributed by atoms with van der Waals surface area (Å²) in [6, 6.07) is 8.00. The maximum absolute atomic E-state index is 10.4. The Morgan fingerprint density at radius 2 is 1.90 bits per heavy atom. The number of aliphatic hydroxyl groups excluding tert-OH is 1. The molecule has 0 saturated carbocycles. The molecule has 0 bridgehead atoms. The van der Waals surface area contributed by atoms with Crippen LogP contribution in [0.2, 0.25) is 0 Å². The molecule has 1 rings (SSSR count). The largest absolute Gasteiger partial charge is 0.492 e. The molecule has 5 heteroatoms. The van der Waals surface area contributed by atoms with E-state index in [2.05, 4.69) is 38.2 Å². The molecule has 0 unspecified atom stereocenters. The second-order valence-corrected chi connectivity index (χ2v) is 6.08. The van der Waals surface area contributed by atoms with Crippen LogP contribution in [0.15, 0.2) is 24.3 Å². The van der Waals surface area contributed by atoms with Gasteiger partial charge in [0.25, 0.3) is 0 Å². The van der Waals surface area contributed by atoms with Gasteiger partial charge in [-0.25, -0.2) is 0 Å². The van der Waals surface area contributed by atoms with Crippen molar-refractivity contribution in [1.82, 2.24) is 5.32 Å². The minimum atomic E-state index is -1.00. The zero-order valence-corrected chi connectivity index (χ0v) is 12.9. The summed E-state index contributed by atoms with van der Waals surface area (Å²) in [7, 11) is 0. The Hall–Kier alpha value is -1.59. The van der Waals surface area contributed by atoms with Gasteiger partial charge in [0.1, 0.15) is 12.4 Å². The van der Waals surface area contributed by atoms with Crippen LogP contribution in [0.1, 0.15) is 32.8 Å².